The summed E-state index contributed by atoms with van der Waals surface area (Å²) in [5.74, 6) is -3.17. The van der Waals surface area contributed by atoms with Crippen LogP contribution in [0, 0.1) is 35.5 Å². The number of benzene rings is 1. The lowest BCUT2D eigenvalue weighted by Crippen LogP contribution is -2.59. The monoisotopic (exact) mass is 895 g/mol. The number of esters is 1. The van der Waals surface area contributed by atoms with Gasteiger partial charge < -0.3 is 42.8 Å². The van der Waals surface area contributed by atoms with Gasteiger partial charge in [-0.1, -0.05) is 55.5 Å². The zero-order valence-corrected chi connectivity index (χ0v) is 39.1. The van der Waals surface area contributed by atoms with E-state index in [2.05, 4.69) is 36.2 Å². The van der Waals surface area contributed by atoms with Crippen LogP contribution in [0.3, 0.4) is 0 Å². The normalized spacial score (nSPS) is 41.9. The summed E-state index contributed by atoms with van der Waals surface area (Å²) in [6.07, 6.45) is 3.55. The van der Waals surface area contributed by atoms with E-state index in [4.69, 9.17) is 37.9 Å². The number of cyclic esters (lactones) is 1. The van der Waals surface area contributed by atoms with Crippen molar-refractivity contribution >= 4 is 11.8 Å². The first-order valence-electron chi connectivity index (χ1n) is 23.8. The fraction of sp³-hybridized carbons (Fsp3) is 0.755. The van der Waals surface area contributed by atoms with E-state index in [0.29, 0.717) is 43.4 Å². The predicted octanol–water partition coefficient (Wildman–Crippen LogP) is 6.77. The minimum Gasteiger partial charge on any atom is -0.462 e. The van der Waals surface area contributed by atoms with E-state index in [1.54, 1.807) is 26.0 Å². The number of aromatic nitrogens is 3. The van der Waals surface area contributed by atoms with Gasteiger partial charge in [0.15, 0.2) is 18.4 Å². The first-order chi connectivity index (χ1) is 30.8. The van der Waals surface area contributed by atoms with Crippen LogP contribution in [0.4, 0.5) is 4.39 Å². The molecule has 5 fully saturated rings. The molecular formula is C49H71FN4O10. The molecule has 6 aliphatic rings. The standard InChI is InChI=1S/C49H71FN4O10/c1-10-30-17-14-18-39(64-41-20-19-38(53(5)6)27(3)60-41)26(2)45(56)36-23-33-32-21-31(63-49-48(59-9)47(58-8)46(57-7)28(4)61-49)22-35(32)44(43(50)42(33)34(36)24-40(55)62-30)54-25-37(51-52-54)29-15-12-11-13-16-29/h11-13,15-16,23,25-28,30-35,38-39,41-44,46-49H,10,14,17-22,24H2,1-9H3/t26-,27?,28?,30+,31+,32+,33+,34-,35-,38+,39+,41+,42-,43?,44?,46+,47?,48+,49+/m1/s1. The molecule has 8 rings (SSSR count). The summed E-state index contributed by atoms with van der Waals surface area (Å²) < 4.78 is 70.1. The molecule has 15 heteroatoms. The number of allylic oxidation sites excluding steroid dienone is 2. The van der Waals surface area contributed by atoms with Crippen LogP contribution in [-0.4, -0.2) is 141 Å². The number of hydrogen-bond acceptors (Lipinski definition) is 13. The molecule has 14 nitrogen and oxygen atoms in total. The Morgan fingerprint density at radius 3 is 2.30 bits per heavy atom. The number of carbonyl (C=O) groups is 2. The molecule has 19 atom stereocenters. The van der Waals surface area contributed by atoms with Crippen LogP contribution in [0.5, 0.6) is 0 Å². The molecule has 3 aliphatic heterocycles. The molecule has 5 unspecified atom stereocenters. The number of carbonyl (C=O) groups excluding carboxylic acids is 2. The molecule has 0 amide bonds. The highest BCUT2D eigenvalue weighted by Crippen LogP contribution is 2.61. The maximum absolute atomic E-state index is 18.3. The predicted molar refractivity (Wildman–Crippen MR) is 234 cm³/mol. The highest BCUT2D eigenvalue weighted by atomic mass is 19.1. The quantitative estimate of drug-likeness (QED) is 0.219. The molecule has 0 radical (unpaired) electrons. The van der Waals surface area contributed by atoms with Crippen molar-refractivity contribution in [1.82, 2.24) is 19.9 Å². The minimum atomic E-state index is -1.48. The first-order valence-corrected chi connectivity index (χ1v) is 23.8. The molecule has 354 valence electrons. The van der Waals surface area contributed by atoms with Gasteiger partial charge in [0.05, 0.1) is 43.1 Å². The van der Waals surface area contributed by atoms with Gasteiger partial charge in [-0.15, -0.1) is 5.10 Å². The molecule has 0 spiro atoms. The zero-order chi connectivity index (χ0) is 45.4. The average molecular weight is 895 g/mol. The van der Waals surface area contributed by atoms with Gasteiger partial charge in [-0.25, -0.2) is 9.07 Å². The van der Waals surface area contributed by atoms with Gasteiger partial charge in [-0.05, 0) is 103 Å². The van der Waals surface area contributed by atoms with Crippen LogP contribution in [0.15, 0.2) is 48.2 Å². The van der Waals surface area contributed by atoms with Gasteiger partial charge >= 0.3 is 5.97 Å². The highest BCUT2D eigenvalue weighted by Gasteiger charge is 2.61. The number of ether oxygens (including phenoxy) is 8. The number of Topliss-reactive ketones (excluding diaryl/α,β-unsaturated/α-hetero) is 1. The lowest BCUT2D eigenvalue weighted by atomic mass is 9.63. The van der Waals surface area contributed by atoms with Gasteiger partial charge in [-0.2, -0.15) is 0 Å². The Labute approximate surface area is 378 Å². The summed E-state index contributed by atoms with van der Waals surface area (Å²) in [4.78, 5) is 31.3. The number of nitrogens with zero attached hydrogens (tertiary/aromatic N) is 4. The lowest BCUT2D eigenvalue weighted by molar-refractivity contribution is -0.314. The van der Waals surface area contributed by atoms with Gasteiger partial charge in [0.2, 0.25) is 0 Å². The number of methoxy groups -OCH3 is 3. The maximum atomic E-state index is 18.3. The van der Waals surface area contributed by atoms with Crippen LogP contribution in [0.25, 0.3) is 11.3 Å². The Morgan fingerprint density at radius 1 is 0.875 bits per heavy atom. The van der Waals surface area contributed by atoms with Crippen LogP contribution in [-0.2, 0) is 47.5 Å². The van der Waals surface area contributed by atoms with Gasteiger partial charge in [0, 0.05) is 50.7 Å². The van der Waals surface area contributed by atoms with E-state index >= 15 is 9.18 Å². The number of likely N-dealkylation sites (N-methyl/N-ethyl adjacent to an activating group) is 1. The van der Waals surface area contributed by atoms with E-state index in [1.165, 1.54) is 0 Å². The maximum Gasteiger partial charge on any atom is 0.306 e. The van der Waals surface area contributed by atoms with Crippen molar-refractivity contribution in [3.05, 3.63) is 48.2 Å². The minimum absolute atomic E-state index is 0.0348. The number of ketones is 1. The fourth-order valence-electron chi connectivity index (χ4n) is 12.4. The Bertz CT molecular complexity index is 1920. The van der Waals surface area contributed by atoms with Crippen molar-refractivity contribution in [3.8, 4) is 11.3 Å². The summed E-state index contributed by atoms with van der Waals surface area (Å²) in [5.41, 5.74) is 2.01. The molecule has 3 aliphatic carbocycles. The van der Waals surface area contributed by atoms with Crippen LogP contribution in [0.2, 0.25) is 0 Å². The molecule has 0 N–H and O–H groups in total. The molecule has 1 aromatic carbocycles. The topological polar surface area (TPSA) is 142 Å². The largest absolute Gasteiger partial charge is 0.462 e. The van der Waals surface area contributed by atoms with Crippen LogP contribution < -0.4 is 0 Å². The second-order valence-electron chi connectivity index (χ2n) is 19.5. The van der Waals surface area contributed by atoms with E-state index in [0.717, 1.165) is 24.8 Å². The van der Waals surface area contributed by atoms with Gasteiger partial charge in [0.25, 0.3) is 0 Å². The molecule has 3 saturated heterocycles. The van der Waals surface area contributed by atoms with Gasteiger partial charge in [-0.3, -0.25) is 9.59 Å². The Balaban J connectivity index is 1.13. The molecule has 2 aromatic rings. The number of fused-ring (bicyclic) bond motifs is 5. The number of alkyl halides is 1. The molecule has 2 saturated carbocycles. The second kappa shape index (κ2) is 20.4. The summed E-state index contributed by atoms with van der Waals surface area (Å²) in [5, 5.41) is 9.13. The average Bonchev–Trinajstić information content (AvgIpc) is 4.03. The Hall–Kier alpha value is -3.15. The zero-order valence-electron chi connectivity index (χ0n) is 39.1. The smallest absolute Gasteiger partial charge is 0.306 e. The number of hydrogen-bond donors (Lipinski definition) is 0. The number of rotatable bonds is 11. The first kappa shape index (κ1) is 47.3. The second-order valence-corrected chi connectivity index (χ2v) is 19.5. The molecule has 0 bridgehead atoms. The summed E-state index contributed by atoms with van der Waals surface area (Å²) in [6.45, 7) is 7.95. The molecule has 1 aromatic heterocycles. The third-order valence-electron chi connectivity index (χ3n) is 15.7. The van der Waals surface area contributed by atoms with Crippen molar-refractivity contribution in [2.75, 3.05) is 35.4 Å². The summed E-state index contributed by atoms with van der Waals surface area (Å²) in [7, 11) is 8.98. The van der Waals surface area contributed by atoms with E-state index in [1.807, 2.05) is 63.4 Å². The van der Waals surface area contributed by atoms with Crippen molar-refractivity contribution < 1.29 is 51.9 Å². The van der Waals surface area contributed by atoms with E-state index in [9.17, 15) is 4.79 Å². The van der Waals surface area contributed by atoms with Crippen molar-refractivity contribution in [2.45, 2.75) is 165 Å². The summed E-state index contributed by atoms with van der Waals surface area (Å²) in [6, 6.07) is 9.25. The van der Waals surface area contributed by atoms with Crippen molar-refractivity contribution in [3.63, 3.8) is 0 Å². The van der Waals surface area contributed by atoms with E-state index in [-0.39, 0.29) is 66.5 Å². The fourth-order valence-corrected chi connectivity index (χ4v) is 12.4. The third-order valence-corrected chi connectivity index (χ3v) is 15.7. The SMILES string of the molecule is CC[C@H]1CCC[C@H](O[C@H]2CC[C@H](N(C)C)C(C)O2)[C@@H](C)C(=O)C2=C[C@H]3[C@@H]4C[C@H](O[C@@H]5OC(C)[C@H](OC)C(OC)[C@@H]5OC)C[C@H]4C(n4cc(-c5ccccc5)nn4)C(F)[C@H]3[C@@H]2CC(=O)O1. The van der Waals surface area contributed by atoms with Crippen LogP contribution >= 0.6 is 0 Å². The Kier molecular flexibility index (Phi) is 15.1. The highest BCUT2D eigenvalue weighted by molar-refractivity contribution is 5.99. The number of halogens is 1. The summed E-state index contributed by atoms with van der Waals surface area (Å²) >= 11 is 0. The lowest BCUT2D eigenvalue weighted by Gasteiger charge is -2.45. The Morgan fingerprint density at radius 2 is 1.61 bits per heavy atom. The van der Waals surface area contributed by atoms with E-state index < -0.39 is 66.8 Å². The van der Waals surface area contributed by atoms with Crippen molar-refractivity contribution in [1.29, 1.82) is 0 Å². The molecule has 64 heavy (non-hydrogen) atoms. The molecule has 4 heterocycles. The van der Waals surface area contributed by atoms with Crippen molar-refractivity contribution in [2.24, 2.45) is 35.5 Å². The molecular weight excluding hydrogens is 824 g/mol. The third kappa shape index (κ3) is 9.39. The van der Waals surface area contributed by atoms with Gasteiger partial charge in [0.1, 0.15) is 36.3 Å². The van der Waals surface area contributed by atoms with Crippen LogP contribution in [0.1, 0.15) is 91.5 Å².